The van der Waals surface area contributed by atoms with Crippen molar-refractivity contribution in [3.63, 3.8) is 0 Å². The minimum atomic E-state index is -0.777. The van der Waals surface area contributed by atoms with E-state index in [0.29, 0.717) is 19.3 Å². The maximum absolute atomic E-state index is 12.8. The summed E-state index contributed by atoms with van der Waals surface area (Å²) in [5, 5.41) is 0. The third-order valence-corrected chi connectivity index (χ3v) is 15.1. The largest absolute Gasteiger partial charge is 0.462 e. The van der Waals surface area contributed by atoms with Gasteiger partial charge in [0, 0.05) is 19.3 Å². The van der Waals surface area contributed by atoms with Crippen LogP contribution in [-0.4, -0.2) is 37.2 Å². The quantitative estimate of drug-likeness (QED) is 0.0261. The molecule has 6 nitrogen and oxygen atoms in total. The average molecular weight is 1050 g/mol. The zero-order chi connectivity index (χ0) is 54.3. The van der Waals surface area contributed by atoms with E-state index in [9.17, 15) is 14.4 Å². The first-order chi connectivity index (χ1) is 37.0. The van der Waals surface area contributed by atoms with Crippen molar-refractivity contribution in [1.29, 1.82) is 0 Å². The molecule has 0 saturated heterocycles. The van der Waals surface area contributed by atoms with E-state index in [2.05, 4.69) is 57.2 Å². The van der Waals surface area contributed by atoms with Crippen LogP contribution in [0.15, 0.2) is 36.5 Å². The highest BCUT2D eigenvalue weighted by Crippen LogP contribution is 2.18. The van der Waals surface area contributed by atoms with Gasteiger partial charge in [0.15, 0.2) is 6.10 Å². The highest BCUT2D eigenvalue weighted by Gasteiger charge is 2.19. The van der Waals surface area contributed by atoms with Gasteiger partial charge >= 0.3 is 17.9 Å². The minimum Gasteiger partial charge on any atom is -0.462 e. The summed E-state index contributed by atoms with van der Waals surface area (Å²) >= 11 is 0. The number of esters is 3. The molecule has 0 heterocycles. The molecular formula is C69H128O6. The van der Waals surface area contributed by atoms with Crippen LogP contribution in [0.4, 0.5) is 0 Å². The van der Waals surface area contributed by atoms with E-state index in [-0.39, 0.29) is 31.1 Å². The van der Waals surface area contributed by atoms with Crippen molar-refractivity contribution in [3.8, 4) is 0 Å². The van der Waals surface area contributed by atoms with Crippen LogP contribution in [0.2, 0.25) is 0 Å². The third-order valence-electron chi connectivity index (χ3n) is 15.1. The summed E-state index contributed by atoms with van der Waals surface area (Å²) in [5.74, 6) is -0.874. The fourth-order valence-corrected chi connectivity index (χ4v) is 10.0. The maximum Gasteiger partial charge on any atom is 0.306 e. The zero-order valence-electron chi connectivity index (χ0n) is 50.6. The van der Waals surface area contributed by atoms with Gasteiger partial charge in [-0.3, -0.25) is 14.4 Å². The van der Waals surface area contributed by atoms with Gasteiger partial charge in [-0.2, -0.15) is 0 Å². The van der Waals surface area contributed by atoms with E-state index in [1.54, 1.807) is 0 Å². The molecule has 0 bridgehead atoms. The number of ether oxygens (including phenoxy) is 3. The summed E-state index contributed by atoms with van der Waals surface area (Å²) in [5.41, 5.74) is 0. The van der Waals surface area contributed by atoms with Crippen molar-refractivity contribution in [2.24, 2.45) is 0 Å². The second kappa shape index (κ2) is 64.2. The Morgan fingerprint density at radius 2 is 0.453 bits per heavy atom. The first-order valence-electron chi connectivity index (χ1n) is 33.5. The second-order valence-corrected chi connectivity index (χ2v) is 22.7. The minimum absolute atomic E-state index is 0.0742. The Labute approximate surface area is 467 Å². The lowest BCUT2D eigenvalue weighted by molar-refractivity contribution is -0.167. The molecule has 0 spiro atoms. The number of hydrogen-bond donors (Lipinski definition) is 0. The van der Waals surface area contributed by atoms with Gasteiger partial charge in [0.05, 0.1) is 0 Å². The molecule has 0 rings (SSSR count). The fraction of sp³-hybridized carbons (Fsp3) is 0.870. The highest BCUT2D eigenvalue weighted by atomic mass is 16.6. The van der Waals surface area contributed by atoms with Crippen LogP contribution in [-0.2, 0) is 28.6 Å². The summed E-state index contributed by atoms with van der Waals surface area (Å²) in [6, 6.07) is 0. The first kappa shape index (κ1) is 72.6. The molecule has 0 aromatic carbocycles. The molecule has 0 aliphatic heterocycles. The number of carbonyl (C=O) groups excluding carboxylic acids is 3. The summed E-state index contributed by atoms with van der Waals surface area (Å²) in [4.78, 5) is 38.1. The Bertz CT molecular complexity index is 1250. The van der Waals surface area contributed by atoms with Gasteiger partial charge in [-0.05, 0) is 89.9 Å². The molecule has 0 aliphatic carbocycles. The summed E-state index contributed by atoms with van der Waals surface area (Å²) in [7, 11) is 0. The van der Waals surface area contributed by atoms with Crippen LogP contribution >= 0.6 is 0 Å². The molecule has 75 heavy (non-hydrogen) atoms. The molecule has 0 saturated carbocycles. The predicted octanol–water partition coefficient (Wildman–Crippen LogP) is 22.8. The molecule has 6 heteroatoms. The van der Waals surface area contributed by atoms with E-state index >= 15 is 0 Å². The van der Waals surface area contributed by atoms with Crippen molar-refractivity contribution >= 4 is 17.9 Å². The van der Waals surface area contributed by atoms with Gasteiger partial charge in [0.2, 0.25) is 0 Å². The van der Waals surface area contributed by atoms with Crippen molar-refractivity contribution < 1.29 is 28.6 Å². The van der Waals surface area contributed by atoms with Crippen LogP contribution in [0.5, 0.6) is 0 Å². The Morgan fingerprint density at radius 1 is 0.253 bits per heavy atom. The smallest absolute Gasteiger partial charge is 0.306 e. The number of rotatable bonds is 62. The van der Waals surface area contributed by atoms with E-state index in [1.807, 2.05) is 0 Å². The predicted molar refractivity (Wildman–Crippen MR) is 326 cm³/mol. The Hall–Kier alpha value is -2.37. The standard InChI is InChI=1S/C69H128O6/c1-4-7-10-13-16-19-22-24-25-26-27-28-29-30-31-32-33-34-35-36-37-38-39-40-41-42-43-45-47-50-53-56-59-62-68(71)74-65-66(64-73-67(70)61-58-55-52-49-46-21-18-15-12-9-6-3)75-69(72)63-60-57-54-51-48-44-23-20-17-14-11-8-5-2/h15,18,20,23,26-27,66H,4-14,16-17,19,21-22,24-25,28-65H2,1-3H3/b18-15-,23-20-,27-26-. The number of hydrogen-bond acceptors (Lipinski definition) is 6. The number of unbranched alkanes of at least 4 members (excludes halogenated alkanes) is 45. The Morgan fingerprint density at radius 3 is 0.720 bits per heavy atom. The fourth-order valence-electron chi connectivity index (χ4n) is 10.0. The summed E-state index contributed by atoms with van der Waals surface area (Å²) < 4.78 is 16.9. The average Bonchev–Trinajstić information content (AvgIpc) is 3.41. The van der Waals surface area contributed by atoms with Crippen molar-refractivity contribution in [2.75, 3.05) is 13.2 Å². The van der Waals surface area contributed by atoms with Crippen molar-refractivity contribution in [1.82, 2.24) is 0 Å². The molecule has 0 amide bonds. The topological polar surface area (TPSA) is 78.9 Å². The molecule has 1 unspecified atom stereocenters. The van der Waals surface area contributed by atoms with Crippen LogP contribution in [0.3, 0.4) is 0 Å². The van der Waals surface area contributed by atoms with E-state index < -0.39 is 6.10 Å². The lowest BCUT2D eigenvalue weighted by atomic mass is 10.0. The first-order valence-corrected chi connectivity index (χ1v) is 33.5. The molecule has 0 aliphatic rings. The van der Waals surface area contributed by atoms with Gasteiger partial charge in [0.1, 0.15) is 13.2 Å². The SMILES string of the molecule is CCCC/C=C\CCCCCCCC(=O)OCC(COC(=O)CCCCCCCCCCCCCCCCCCCCCCC/C=C\CCCCCCCCCC)OC(=O)CCCCCCC/C=C\CCCCCC. The van der Waals surface area contributed by atoms with Crippen LogP contribution in [0.25, 0.3) is 0 Å². The number of allylic oxidation sites excluding steroid dienone is 6. The van der Waals surface area contributed by atoms with Crippen LogP contribution in [0.1, 0.15) is 367 Å². The Balaban J connectivity index is 4.02. The summed E-state index contributed by atoms with van der Waals surface area (Å²) in [6.45, 7) is 6.62. The van der Waals surface area contributed by atoms with Gasteiger partial charge in [0.25, 0.3) is 0 Å². The molecular weight excluding hydrogens is 925 g/mol. The van der Waals surface area contributed by atoms with Crippen LogP contribution < -0.4 is 0 Å². The lowest BCUT2D eigenvalue weighted by Crippen LogP contribution is -2.30. The second-order valence-electron chi connectivity index (χ2n) is 22.7. The summed E-state index contributed by atoms with van der Waals surface area (Å²) in [6.07, 6.45) is 79.1. The monoisotopic (exact) mass is 1050 g/mol. The van der Waals surface area contributed by atoms with Gasteiger partial charge < -0.3 is 14.2 Å². The molecule has 0 N–H and O–H groups in total. The Kier molecular flexibility index (Phi) is 62.1. The normalized spacial score (nSPS) is 12.2. The third kappa shape index (κ3) is 62.4. The van der Waals surface area contributed by atoms with E-state index in [4.69, 9.17) is 14.2 Å². The van der Waals surface area contributed by atoms with Gasteiger partial charge in [-0.1, -0.05) is 295 Å². The van der Waals surface area contributed by atoms with Crippen molar-refractivity contribution in [3.05, 3.63) is 36.5 Å². The van der Waals surface area contributed by atoms with Crippen LogP contribution in [0, 0.1) is 0 Å². The molecule has 0 aromatic rings. The lowest BCUT2D eigenvalue weighted by Gasteiger charge is -2.18. The maximum atomic E-state index is 12.8. The van der Waals surface area contributed by atoms with E-state index in [0.717, 1.165) is 70.6 Å². The van der Waals surface area contributed by atoms with Gasteiger partial charge in [-0.25, -0.2) is 0 Å². The zero-order valence-corrected chi connectivity index (χ0v) is 50.6. The highest BCUT2D eigenvalue weighted by molar-refractivity contribution is 5.71. The molecule has 0 fully saturated rings. The molecule has 0 aromatic heterocycles. The molecule has 0 radical (unpaired) electrons. The number of carbonyl (C=O) groups is 3. The van der Waals surface area contributed by atoms with E-state index in [1.165, 1.54) is 257 Å². The molecule has 440 valence electrons. The molecule has 1 atom stereocenters. The van der Waals surface area contributed by atoms with Gasteiger partial charge in [-0.15, -0.1) is 0 Å². The van der Waals surface area contributed by atoms with Crippen molar-refractivity contribution in [2.45, 2.75) is 374 Å².